The Morgan fingerprint density at radius 3 is 2.37 bits per heavy atom. The molecule has 19 heavy (non-hydrogen) atoms. The van der Waals surface area contributed by atoms with Crippen LogP contribution in [0.3, 0.4) is 0 Å². The van der Waals surface area contributed by atoms with Gasteiger partial charge in [-0.3, -0.25) is 4.79 Å². The Morgan fingerprint density at radius 2 is 1.84 bits per heavy atom. The lowest BCUT2D eigenvalue weighted by molar-refractivity contribution is 0.0941. The van der Waals surface area contributed by atoms with Crippen LogP contribution < -0.4 is 14.8 Å². The highest BCUT2D eigenvalue weighted by Gasteiger charge is 2.17. The van der Waals surface area contributed by atoms with Gasteiger partial charge in [-0.1, -0.05) is 6.07 Å². The Hall–Kier alpha value is -2.43. The highest BCUT2D eigenvalue weighted by Crippen LogP contribution is 2.27. The van der Waals surface area contributed by atoms with Crippen molar-refractivity contribution in [2.45, 2.75) is 6.54 Å². The third kappa shape index (κ3) is 2.88. The summed E-state index contributed by atoms with van der Waals surface area (Å²) in [5.41, 5.74) is 0.374. The number of ether oxygens (including phenoxy) is 2. The summed E-state index contributed by atoms with van der Waals surface area (Å²) >= 11 is 0. The summed E-state index contributed by atoms with van der Waals surface area (Å²) in [4.78, 5) is 12.2. The van der Waals surface area contributed by atoms with Crippen LogP contribution in [0.15, 0.2) is 41.0 Å². The average molecular weight is 261 g/mol. The minimum atomic E-state index is -0.272. The van der Waals surface area contributed by atoms with Crippen LogP contribution in [-0.4, -0.2) is 20.1 Å². The molecule has 1 N–H and O–H groups in total. The van der Waals surface area contributed by atoms with E-state index in [0.717, 1.165) is 0 Å². The standard InChI is InChI=1S/C14H15NO4/c1-17-11-6-3-7-12(18-2)13(11)14(16)15-9-10-5-4-8-19-10/h3-8H,9H2,1-2H3,(H,15,16). The van der Waals surface area contributed by atoms with Crippen molar-refractivity contribution in [1.29, 1.82) is 0 Å². The van der Waals surface area contributed by atoms with Crippen LogP contribution in [0.5, 0.6) is 11.5 Å². The molecule has 1 aromatic heterocycles. The normalized spacial score (nSPS) is 10.0. The molecule has 0 atom stereocenters. The van der Waals surface area contributed by atoms with E-state index >= 15 is 0 Å². The van der Waals surface area contributed by atoms with E-state index in [1.54, 1.807) is 36.6 Å². The number of benzene rings is 1. The summed E-state index contributed by atoms with van der Waals surface area (Å²) in [5, 5.41) is 2.76. The van der Waals surface area contributed by atoms with Crippen LogP contribution in [0.1, 0.15) is 16.1 Å². The number of carbonyl (C=O) groups is 1. The highest BCUT2D eigenvalue weighted by molar-refractivity contribution is 5.99. The van der Waals surface area contributed by atoms with Crippen molar-refractivity contribution >= 4 is 5.91 Å². The van der Waals surface area contributed by atoms with Crippen molar-refractivity contribution < 1.29 is 18.7 Å². The quantitative estimate of drug-likeness (QED) is 0.896. The molecule has 0 radical (unpaired) electrons. The summed E-state index contributed by atoms with van der Waals surface area (Å²) < 4.78 is 15.5. The van der Waals surface area contributed by atoms with E-state index in [1.165, 1.54) is 14.2 Å². The van der Waals surface area contributed by atoms with Gasteiger partial charge in [0.25, 0.3) is 5.91 Å². The van der Waals surface area contributed by atoms with Crippen molar-refractivity contribution in [2.75, 3.05) is 14.2 Å². The maximum Gasteiger partial charge on any atom is 0.259 e. The van der Waals surface area contributed by atoms with Gasteiger partial charge in [-0.2, -0.15) is 0 Å². The number of amides is 1. The molecule has 2 rings (SSSR count). The predicted molar refractivity (Wildman–Crippen MR) is 69.4 cm³/mol. The molecular weight excluding hydrogens is 246 g/mol. The molecule has 0 bridgehead atoms. The van der Waals surface area contributed by atoms with E-state index in [4.69, 9.17) is 13.9 Å². The minimum absolute atomic E-state index is 0.272. The summed E-state index contributed by atoms with van der Waals surface area (Å²) in [7, 11) is 3.02. The fourth-order valence-electron chi connectivity index (χ4n) is 1.74. The molecule has 1 aromatic carbocycles. The molecule has 0 unspecified atom stereocenters. The van der Waals surface area contributed by atoms with Gasteiger partial charge in [0, 0.05) is 0 Å². The van der Waals surface area contributed by atoms with Crippen molar-refractivity contribution in [2.24, 2.45) is 0 Å². The predicted octanol–water partition coefficient (Wildman–Crippen LogP) is 2.23. The second-order valence-corrected chi connectivity index (χ2v) is 3.80. The molecule has 0 aliphatic carbocycles. The van der Waals surface area contributed by atoms with Crippen LogP contribution in [-0.2, 0) is 6.54 Å². The van der Waals surface area contributed by atoms with E-state index in [2.05, 4.69) is 5.32 Å². The second-order valence-electron chi connectivity index (χ2n) is 3.80. The van der Waals surface area contributed by atoms with Gasteiger partial charge in [0.2, 0.25) is 0 Å². The molecule has 5 nitrogen and oxygen atoms in total. The Morgan fingerprint density at radius 1 is 1.16 bits per heavy atom. The maximum atomic E-state index is 12.2. The molecule has 100 valence electrons. The van der Waals surface area contributed by atoms with Crippen LogP contribution in [0.4, 0.5) is 0 Å². The number of hydrogen-bond donors (Lipinski definition) is 1. The lowest BCUT2D eigenvalue weighted by Crippen LogP contribution is -2.23. The number of hydrogen-bond acceptors (Lipinski definition) is 4. The zero-order valence-electron chi connectivity index (χ0n) is 10.8. The Balaban J connectivity index is 2.18. The van der Waals surface area contributed by atoms with E-state index in [1.807, 2.05) is 0 Å². The lowest BCUT2D eigenvalue weighted by atomic mass is 10.1. The third-order valence-corrected chi connectivity index (χ3v) is 2.66. The second kappa shape index (κ2) is 5.95. The van der Waals surface area contributed by atoms with Gasteiger partial charge in [-0.05, 0) is 24.3 Å². The van der Waals surface area contributed by atoms with E-state index in [0.29, 0.717) is 29.4 Å². The fraction of sp³-hybridized carbons (Fsp3) is 0.214. The summed E-state index contributed by atoms with van der Waals surface area (Å²) in [6.45, 7) is 0.313. The molecular formula is C14H15NO4. The van der Waals surface area contributed by atoms with Crippen molar-refractivity contribution in [3.63, 3.8) is 0 Å². The number of carbonyl (C=O) groups excluding carboxylic acids is 1. The van der Waals surface area contributed by atoms with E-state index < -0.39 is 0 Å². The molecule has 5 heteroatoms. The molecule has 0 aliphatic heterocycles. The van der Waals surface area contributed by atoms with Crippen LogP contribution in [0.25, 0.3) is 0 Å². The minimum Gasteiger partial charge on any atom is -0.496 e. The number of methoxy groups -OCH3 is 2. The molecule has 0 aliphatic rings. The first-order valence-corrected chi connectivity index (χ1v) is 5.78. The van der Waals surface area contributed by atoms with Gasteiger partial charge in [0.15, 0.2) is 0 Å². The number of furan rings is 1. The average Bonchev–Trinajstić information content (AvgIpc) is 2.97. The molecule has 1 amide bonds. The monoisotopic (exact) mass is 261 g/mol. The van der Waals surface area contributed by atoms with Crippen LogP contribution in [0, 0.1) is 0 Å². The molecule has 0 spiro atoms. The Bertz CT molecular complexity index is 526. The summed E-state index contributed by atoms with van der Waals surface area (Å²) in [6.07, 6.45) is 1.56. The fourth-order valence-corrected chi connectivity index (χ4v) is 1.74. The van der Waals surface area contributed by atoms with Crippen LogP contribution in [0.2, 0.25) is 0 Å². The first-order valence-electron chi connectivity index (χ1n) is 5.78. The number of rotatable bonds is 5. The molecule has 2 aromatic rings. The SMILES string of the molecule is COc1cccc(OC)c1C(=O)NCc1ccco1. The highest BCUT2D eigenvalue weighted by atomic mass is 16.5. The smallest absolute Gasteiger partial charge is 0.259 e. The zero-order valence-corrected chi connectivity index (χ0v) is 10.8. The maximum absolute atomic E-state index is 12.2. The third-order valence-electron chi connectivity index (χ3n) is 2.66. The first-order chi connectivity index (χ1) is 9.26. The molecule has 0 saturated heterocycles. The van der Waals surface area contributed by atoms with Crippen molar-refractivity contribution in [3.05, 3.63) is 47.9 Å². The lowest BCUT2D eigenvalue weighted by Gasteiger charge is -2.12. The zero-order chi connectivity index (χ0) is 13.7. The van der Waals surface area contributed by atoms with Gasteiger partial charge in [-0.15, -0.1) is 0 Å². The van der Waals surface area contributed by atoms with Crippen LogP contribution >= 0.6 is 0 Å². The number of nitrogens with one attached hydrogen (secondary N) is 1. The van der Waals surface area contributed by atoms with Gasteiger partial charge < -0.3 is 19.2 Å². The van der Waals surface area contributed by atoms with Gasteiger partial charge in [0.1, 0.15) is 22.8 Å². The Labute approximate surface area is 111 Å². The Kier molecular flexibility index (Phi) is 4.07. The molecule has 1 heterocycles. The van der Waals surface area contributed by atoms with Gasteiger partial charge in [-0.25, -0.2) is 0 Å². The van der Waals surface area contributed by atoms with Crippen molar-refractivity contribution in [1.82, 2.24) is 5.32 Å². The largest absolute Gasteiger partial charge is 0.496 e. The summed E-state index contributed by atoms with van der Waals surface area (Å²) in [6, 6.07) is 8.75. The first kappa shape index (κ1) is 13.0. The van der Waals surface area contributed by atoms with Crippen molar-refractivity contribution in [3.8, 4) is 11.5 Å². The topological polar surface area (TPSA) is 60.7 Å². The van der Waals surface area contributed by atoms with Gasteiger partial charge in [0.05, 0.1) is 27.0 Å². The van der Waals surface area contributed by atoms with E-state index in [-0.39, 0.29) is 5.91 Å². The van der Waals surface area contributed by atoms with Gasteiger partial charge >= 0.3 is 0 Å². The molecule has 0 saturated carbocycles. The molecule has 0 fully saturated rings. The van der Waals surface area contributed by atoms with E-state index in [9.17, 15) is 4.79 Å². The summed E-state index contributed by atoms with van der Waals surface area (Å²) in [5.74, 6) is 1.35.